The lowest BCUT2D eigenvalue weighted by Crippen LogP contribution is -2.12. The Kier molecular flexibility index (Phi) is 3.48. The molecule has 92 valence electrons. The Morgan fingerprint density at radius 2 is 2.00 bits per heavy atom. The monoisotopic (exact) mass is 262 g/mol. The van der Waals surface area contributed by atoms with E-state index in [4.69, 9.17) is 16.7 Å². The first-order valence-electron chi connectivity index (χ1n) is 5.27. The third kappa shape index (κ3) is 2.43. The van der Waals surface area contributed by atoms with Gasteiger partial charge in [-0.05, 0) is 18.2 Å². The van der Waals surface area contributed by atoms with Crippen molar-refractivity contribution >= 4 is 29.1 Å². The molecule has 0 radical (unpaired) electrons. The molecule has 0 aliphatic heterocycles. The van der Waals surface area contributed by atoms with Crippen molar-refractivity contribution in [3.63, 3.8) is 0 Å². The van der Waals surface area contributed by atoms with E-state index in [0.717, 1.165) is 5.69 Å². The molecule has 2 rings (SSSR count). The lowest BCUT2D eigenvalue weighted by atomic mass is 10.2. The highest BCUT2D eigenvalue weighted by atomic mass is 35.5. The predicted molar refractivity (Wildman–Crippen MR) is 70.7 cm³/mol. The minimum atomic E-state index is -1.06. The normalized spacial score (nSPS) is 10.1. The summed E-state index contributed by atoms with van der Waals surface area (Å²) in [4.78, 5) is 16.9. The second-order valence-corrected chi connectivity index (χ2v) is 4.13. The van der Waals surface area contributed by atoms with Crippen molar-refractivity contribution in [2.45, 2.75) is 0 Å². The number of aromatic carboxylic acids is 1. The van der Waals surface area contributed by atoms with Gasteiger partial charge in [0, 0.05) is 18.9 Å². The largest absolute Gasteiger partial charge is 0.478 e. The molecule has 2 aromatic rings. The maximum absolute atomic E-state index is 11.0. The first-order chi connectivity index (χ1) is 8.59. The molecule has 5 heteroatoms. The molecule has 18 heavy (non-hydrogen) atoms. The molecule has 0 aliphatic carbocycles. The summed E-state index contributed by atoms with van der Waals surface area (Å²) in [6.07, 6.45) is 1.35. The van der Waals surface area contributed by atoms with Crippen LogP contribution in [0.3, 0.4) is 0 Å². The van der Waals surface area contributed by atoms with E-state index >= 15 is 0 Å². The molecule has 0 saturated heterocycles. The van der Waals surface area contributed by atoms with E-state index in [1.54, 1.807) is 4.90 Å². The Morgan fingerprint density at radius 3 is 2.61 bits per heavy atom. The summed E-state index contributed by atoms with van der Waals surface area (Å²) in [5, 5.41) is 9.14. The highest BCUT2D eigenvalue weighted by Gasteiger charge is 2.13. The van der Waals surface area contributed by atoms with Gasteiger partial charge >= 0.3 is 5.97 Å². The third-order valence-electron chi connectivity index (χ3n) is 2.56. The SMILES string of the molecule is CN(c1ccccc1)c1cc(C(=O)O)c(Cl)cn1. The average Bonchev–Trinajstić information content (AvgIpc) is 2.39. The summed E-state index contributed by atoms with van der Waals surface area (Å²) in [5.74, 6) is -0.534. The molecular formula is C13H11ClN2O2. The zero-order valence-corrected chi connectivity index (χ0v) is 10.4. The van der Waals surface area contributed by atoms with Crippen LogP contribution in [0.15, 0.2) is 42.6 Å². The van der Waals surface area contributed by atoms with Crippen LogP contribution in [0.25, 0.3) is 0 Å². The quantitative estimate of drug-likeness (QED) is 0.923. The number of para-hydroxylation sites is 1. The van der Waals surface area contributed by atoms with E-state index in [9.17, 15) is 4.79 Å². The van der Waals surface area contributed by atoms with E-state index in [1.165, 1.54) is 12.3 Å². The summed E-state index contributed by atoms with van der Waals surface area (Å²) in [5.41, 5.74) is 0.966. The molecule has 0 spiro atoms. The van der Waals surface area contributed by atoms with Crippen LogP contribution in [0.4, 0.5) is 11.5 Å². The Bertz CT molecular complexity index is 572. The molecule has 0 bridgehead atoms. The molecule has 1 aromatic heterocycles. The predicted octanol–water partition coefficient (Wildman–Crippen LogP) is 3.20. The lowest BCUT2D eigenvalue weighted by molar-refractivity contribution is 0.0697. The Labute approximate surface area is 109 Å². The van der Waals surface area contributed by atoms with Crippen LogP contribution in [0.1, 0.15) is 10.4 Å². The zero-order chi connectivity index (χ0) is 13.1. The fourth-order valence-electron chi connectivity index (χ4n) is 1.56. The Hall–Kier alpha value is -2.07. The van der Waals surface area contributed by atoms with Gasteiger partial charge in [-0.15, -0.1) is 0 Å². The van der Waals surface area contributed by atoms with Gasteiger partial charge in [0.2, 0.25) is 0 Å². The van der Waals surface area contributed by atoms with E-state index in [1.807, 2.05) is 37.4 Å². The number of benzene rings is 1. The van der Waals surface area contributed by atoms with Crippen LogP contribution in [-0.2, 0) is 0 Å². The van der Waals surface area contributed by atoms with Gasteiger partial charge in [0.05, 0.1) is 10.6 Å². The van der Waals surface area contributed by atoms with Gasteiger partial charge in [-0.25, -0.2) is 9.78 Å². The fourth-order valence-corrected chi connectivity index (χ4v) is 1.74. The first-order valence-corrected chi connectivity index (χ1v) is 5.65. The van der Waals surface area contributed by atoms with E-state index < -0.39 is 5.97 Å². The molecule has 0 fully saturated rings. The summed E-state index contributed by atoms with van der Waals surface area (Å²) in [6, 6.07) is 11.0. The van der Waals surface area contributed by atoms with Gasteiger partial charge in [0.15, 0.2) is 0 Å². The van der Waals surface area contributed by atoms with Crippen LogP contribution in [0.2, 0.25) is 5.02 Å². The van der Waals surface area contributed by atoms with Gasteiger partial charge in [-0.2, -0.15) is 0 Å². The molecule has 1 heterocycles. The van der Waals surface area contributed by atoms with Crippen LogP contribution in [0.5, 0.6) is 0 Å². The molecule has 0 atom stereocenters. The maximum atomic E-state index is 11.0. The first kappa shape index (κ1) is 12.4. The smallest absolute Gasteiger partial charge is 0.337 e. The van der Waals surface area contributed by atoms with Crippen LogP contribution in [-0.4, -0.2) is 23.1 Å². The van der Waals surface area contributed by atoms with Crippen molar-refractivity contribution < 1.29 is 9.90 Å². The summed E-state index contributed by atoms with van der Waals surface area (Å²) < 4.78 is 0. The van der Waals surface area contributed by atoms with Crippen LogP contribution >= 0.6 is 11.6 Å². The van der Waals surface area contributed by atoms with Gasteiger partial charge in [0.1, 0.15) is 5.82 Å². The number of aromatic nitrogens is 1. The summed E-state index contributed by atoms with van der Waals surface area (Å²) in [7, 11) is 1.82. The molecule has 4 nitrogen and oxygen atoms in total. The van der Waals surface area contributed by atoms with Gasteiger partial charge < -0.3 is 10.0 Å². The van der Waals surface area contributed by atoms with Crippen molar-refractivity contribution in [2.75, 3.05) is 11.9 Å². The van der Waals surface area contributed by atoms with Crippen LogP contribution < -0.4 is 4.90 Å². The third-order valence-corrected chi connectivity index (χ3v) is 2.86. The number of hydrogen-bond donors (Lipinski definition) is 1. The maximum Gasteiger partial charge on any atom is 0.337 e. The highest BCUT2D eigenvalue weighted by Crippen LogP contribution is 2.25. The van der Waals surface area contributed by atoms with Gasteiger partial charge in [-0.1, -0.05) is 29.8 Å². The number of nitrogens with zero attached hydrogens (tertiary/aromatic N) is 2. The average molecular weight is 263 g/mol. The van der Waals surface area contributed by atoms with E-state index in [0.29, 0.717) is 5.82 Å². The summed E-state index contributed by atoms with van der Waals surface area (Å²) >= 11 is 5.78. The molecule has 0 aliphatic rings. The van der Waals surface area contributed by atoms with Crippen molar-refractivity contribution in [1.29, 1.82) is 0 Å². The number of carbonyl (C=O) groups is 1. The van der Waals surface area contributed by atoms with Crippen LogP contribution in [0, 0.1) is 0 Å². The highest BCUT2D eigenvalue weighted by molar-refractivity contribution is 6.33. The summed E-state index contributed by atoms with van der Waals surface area (Å²) in [6.45, 7) is 0. The molecule has 1 N–H and O–H groups in total. The van der Waals surface area contributed by atoms with E-state index in [-0.39, 0.29) is 10.6 Å². The lowest BCUT2D eigenvalue weighted by Gasteiger charge is -2.18. The second kappa shape index (κ2) is 5.06. The number of carboxylic acids is 1. The Balaban J connectivity index is 2.40. The number of pyridine rings is 1. The second-order valence-electron chi connectivity index (χ2n) is 3.72. The number of halogens is 1. The van der Waals surface area contributed by atoms with Gasteiger partial charge in [-0.3, -0.25) is 0 Å². The van der Waals surface area contributed by atoms with Crippen molar-refractivity contribution in [3.8, 4) is 0 Å². The minimum Gasteiger partial charge on any atom is -0.478 e. The number of hydrogen-bond acceptors (Lipinski definition) is 3. The molecular weight excluding hydrogens is 252 g/mol. The standard InChI is InChI=1S/C13H11ClN2O2/c1-16(9-5-3-2-4-6-9)12-7-10(13(17)18)11(14)8-15-12/h2-8H,1H3,(H,17,18). The Morgan fingerprint density at radius 1 is 1.33 bits per heavy atom. The number of anilines is 2. The van der Waals surface area contributed by atoms with Gasteiger partial charge in [0.25, 0.3) is 0 Å². The molecule has 0 unspecified atom stereocenters. The number of rotatable bonds is 3. The molecule has 1 aromatic carbocycles. The number of carboxylic acid groups (broad SMARTS) is 1. The van der Waals surface area contributed by atoms with Crippen molar-refractivity contribution in [1.82, 2.24) is 4.98 Å². The fraction of sp³-hybridized carbons (Fsp3) is 0.0769. The molecule has 0 saturated carbocycles. The minimum absolute atomic E-state index is 0.0458. The van der Waals surface area contributed by atoms with Crippen molar-refractivity contribution in [3.05, 3.63) is 53.2 Å². The zero-order valence-electron chi connectivity index (χ0n) is 9.67. The topological polar surface area (TPSA) is 53.4 Å². The van der Waals surface area contributed by atoms with Crippen molar-refractivity contribution in [2.24, 2.45) is 0 Å². The van der Waals surface area contributed by atoms with E-state index in [2.05, 4.69) is 4.98 Å². The molecule has 0 amide bonds.